The van der Waals surface area contributed by atoms with Crippen molar-refractivity contribution in [1.29, 1.82) is 0 Å². The number of benzene rings is 1. The molecule has 0 bridgehead atoms. The second-order valence-electron chi connectivity index (χ2n) is 5.51. The van der Waals surface area contributed by atoms with Crippen LogP contribution in [0.4, 0.5) is 5.69 Å². The molecule has 1 amide bonds. The van der Waals surface area contributed by atoms with Crippen LogP contribution in [0.3, 0.4) is 0 Å². The molecule has 0 saturated carbocycles. The van der Waals surface area contributed by atoms with Crippen molar-refractivity contribution in [3.05, 3.63) is 23.8 Å². The number of likely N-dealkylation sites (N-methyl/N-ethyl adjacent to an activating group) is 1. The van der Waals surface area contributed by atoms with E-state index in [1.54, 1.807) is 50.9 Å². The fourth-order valence-electron chi connectivity index (χ4n) is 2.20. The molecule has 0 fully saturated rings. The lowest BCUT2D eigenvalue weighted by Crippen LogP contribution is -2.50. The number of aliphatic hydroxyl groups excluding tert-OH is 1. The van der Waals surface area contributed by atoms with Gasteiger partial charge >= 0.3 is 0 Å². The molecule has 104 valence electrons. The van der Waals surface area contributed by atoms with E-state index in [1.165, 1.54) is 0 Å². The second kappa shape index (κ2) is 4.51. The zero-order valence-corrected chi connectivity index (χ0v) is 11.7. The summed E-state index contributed by atoms with van der Waals surface area (Å²) in [5.41, 5.74) is 6.15. The number of rotatable bonds is 2. The lowest BCUT2D eigenvalue weighted by atomic mass is 10.00. The van der Waals surface area contributed by atoms with Gasteiger partial charge in [0.2, 0.25) is 0 Å². The van der Waals surface area contributed by atoms with Gasteiger partial charge in [-0.05, 0) is 38.5 Å². The summed E-state index contributed by atoms with van der Waals surface area (Å²) in [5, 5.41) is 9.98. The van der Waals surface area contributed by atoms with Crippen LogP contribution in [0.2, 0.25) is 0 Å². The fraction of sp³-hybridized carbons (Fsp3) is 0.500. The number of nitrogens with zero attached hydrogens (tertiary/aromatic N) is 1. The van der Waals surface area contributed by atoms with Gasteiger partial charge in [-0.3, -0.25) is 4.79 Å². The van der Waals surface area contributed by atoms with Gasteiger partial charge in [0, 0.05) is 13.1 Å². The van der Waals surface area contributed by atoms with Crippen LogP contribution in [0, 0.1) is 0 Å². The lowest BCUT2D eigenvalue weighted by molar-refractivity contribution is -0.132. The number of anilines is 1. The van der Waals surface area contributed by atoms with Crippen LogP contribution in [0.25, 0.3) is 0 Å². The van der Waals surface area contributed by atoms with Crippen LogP contribution < -0.4 is 15.4 Å². The average molecular weight is 264 g/mol. The monoisotopic (exact) mass is 264 g/mol. The Morgan fingerprint density at radius 3 is 2.63 bits per heavy atom. The molecule has 1 aliphatic rings. The minimum absolute atomic E-state index is 0.118. The maximum absolute atomic E-state index is 12.1. The summed E-state index contributed by atoms with van der Waals surface area (Å²) < 4.78 is 5.69. The largest absolute Gasteiger partial charge is 0.476 e. The maximum atomic E-state index is 12.1. The molecule has 0 radical (unpaired) electrons. The number of aliphatic hydroxyl groups is 1. The summed E-state index contributed by atoms with van der Waals surface area (Å²) in [7, 11) is 1.70. The Balaban J connectivity index is 2.44. The third-order valence-electron chi connectivity index (χ3n) is 3.37. The second-order valence-corrected chi connectivity index (χ2v) is 5.51. The van der Waals surface area contributed by atoms with Gasteiger partial charge in [-0.2, -0.15) is 0 Å². The Morgan fingerprint density at radius 1 is 1.42 bits per heavy atom. The summed E-state index contributed by atoms with van der Waals surface area (Å²) in [5.74, 6) is 0.514. The third kappa shape index (κ3) is 2.31. The zero-order valence-electron chi connectivity index (χ0n) is 11.7. The predicted molar refractivity (Wildman–Crippen MR) is 73.2 cm³/mol. The van der Waals surface area contributed by atoms with Gasteiger partial charge in [-0.15, -0.1) is 0 Å². The number of amides is 1. The van der Waals surface area contributed by atoms with E-state index in [1.807, 2.05) is 0 Å². The van der Waals surface area contributed by atoms with Crippen molar-refractivity contribution in [2.45, 2.75) is 38.5 Å². The van der Waals surface area contributed by atoms with E-state index in [4.69, 9.17) is 10.5 Å². The van der Waals surface area contributed by atoms with Crippen LogP contribution in [-0.4, -0.2) is 29.7 Å². The molecule has 0 aromatic heterocycles. The normalized spacial score (nSPS) is 20.5. The topological polar surface area (TPSA) is 75.8 Å². The van der Waals surface area contributed by atoms with E-state index in [9.17, 15) is 9.90 Å². The molecule has 1 aliphatic heterocycles. The summed E-state index contributed by atoms with van der Waals surface area (Å²) in [4.78, 5) is 13.7. The van der Waals surface area contributed by atoms with Crippen molar-refractivity contribution >= 4 is 11.6 Å². The van der Waals surface area contributed by atoms with E-state index >= 15 is 0 Å². The maximum Gasteiger partial charge on any atom is 0.270 e. The number of fused-ring (bicyclic) bond motifs is 1. The summed E-state index contributed by atoms with van der Waals surface area (Å²) in [6.45, 7) is 5.21. The van der Waals surface area contributed by atoms with Gasteiger partial charge in [0.1, 0.15) is 5.75 Å². The van der Waals surface area contributed by atoms with Gasteiger partial charge < -0.3 is 20.5 Å². The Hall–Kier alpha value is -1.59. The number of carbonyl (C=O) groups is 1. The minimum atomic E-state index is -0.872. The molecular formula is C14H20N2O3. The third-order valence-corrected chi connectivity index (χ3v) is 3.37. The molecule has 0 spiro atoms. The molecular weight excluding hydrogens is 244 g/mol. The molecule has 3 N–H and O–H groups in total. The van der Waals surface area contributed by atoms with Gasteiger partial charge in [-0.25, -0.2) is 0 Å². The van der Waals surface area contributed by atoms with Crippen LogP contribution in [0.5, 0.6) is 5.75 Å². The molecule has 5 nitrogen and oxygen atoms in total. The standard InChI is InChI=1S/C14H20N2O3/c1-8(15)12(17)9-5-6-11-10(7-9)16(4)13(18)14(2,3)19-11/h5-8,12,17H,15H2,1-4H3. The predicted octanol–water partition coefficient (Wildman–Crippen LogP) is 1.20. The smallest absolute Gasteiger partial charge is 0.270 e. The minimum Gasteiger partial charge on any atom is -0.476 e. The molecule has 1 heterocycles. The first kappa shape index (κ1) is 13.8. The highest BCUT2D eigenvalue weighted by Crippen LogP contribution is 2.38. The van der Waals surface area contributed by atoms with Crippen LogP contribution >= 0.6 is 0 Å². The number of hydrogen-bond acceptors (Lipinski definition) is 4. The number of ether oxygens (including phenoxy) is 1. The SMILES string of the molecule is CC(N)C(O)c1ccc2c(c1)N(C)C(=O)C(C)(C)O2. The highest BCUT2D eigenvalue weighted by atomic mass is 16.5. The van der Waals surface area contributed by atoms with E-state index in [-0.39, 0.29) is 11.9 Å². The molecule has 2 unspecified atom stereocenters. The highest BCUT2D eigenvalue weighted by molar-refractivity contribution is 6.01. The number of hydrogen-bond donors (Lipinski definition) is 2. The van der Waals surface area contributed by atoms with Crippen molar-refractivity contribution in [3.8, 4) is 5.75 Å². The van der Waals surface area contributed by atoms with Crippen LogP contribution in [-0.2, 0) is 4.79 Å². The van der Waals surface area contributed by atoms with Crippen LogP contribution in [0.1, 0.15) is 32.4 Å². The van der Waals surface area contributed by atoms with Crippen molar-refractivity contribution in [3.63, 3.8) is 0 Å². The zero-order chi connectivity index (χ0) is 14.4. The van der Waals surface area contributed by atoms with Crippen molar-refractivity contribution in [1.82, 2.24) is 0 Å². The molecule has 1 aromatic rings. The first-order chi connectivity index (χ1) is 8.74. The molecule has 19 heavy (non-hydrogen) atoms. The average Bonchev–Trinajstić information content (AvgIpc) is 2.34. The lowest BCUT2D eigenvalue weighted by Gasteiger charge is -2.37. The Labute approximate surface area is 113 Å². The van der Waals surface area contributed by atoms with E-state index in [0.717, 1.165) is 0 Å². The highest BCUT2D eigenvalue weighted by Gasteiger charge is 2.39. The molecule has 5 heteroatoms. The Kier molecular flexibility index (Phi) is 3.28. The summed E-state index contributed by atoms with van der Waals surface area (Å²) >= 11 is 0. The van der Waals surface area contributed by atoms with Gasteiger partial charge in [-0.1, -0.05) is 6.07 Å². The Bertz CT molecular complexity index is 511. The van der Waals surface area contributed by atoms with Crippen LogP contribution in [0.15, 0.2) is 18.2 Å². The van der Waals surface area contributed by atoms with Gasteiger partial charge in [0.25, 0.3) is 5.91 Å². The molecule has 0 saturated heterocycles. The van der Waals surface area contributed by atoms with Crippen molar-refractivity contribution in [2.75, 3.05) is 11.9 Å². The number of carbonyl (C=O) groups excluding carboxylic acids is 1. The van der Waals surface area contributed by atoms with Gasteiger partial charge in [0.15, 0.2) is 5.60 Å². The summed E-state index contributed by atoms with van der Waals surface area (Å²) in [6.07, 6.45) is -0.760. The molecule has 0 aliphatic carbocycles. The van der Waals surface area contributed by atoms with Crippen molar-refractivity contribution < 1.29 is 14.6 Å². The van der Waals surface area contributed by atoms with E-state index in [0.29, 0.717) is 17.0 Å². The molecule has 2 rings (SSSR count). The van der Waals surface area contributed by atoms with E-state index < -0.39 is 11.7 Å². The van der Waals surface area contributed by atoms with Gasteiger partial charge in [0.05, 0.1) is 11.8 Å². The first-order valence-electron chi connectivity index (χ1n) is 6.29. The molecule has 2 atom stereocenters. The van der Waals surface area contributed by atoms with E-state index in [2.05, 4.69) is 0 Å². The first-order valence-corrected chi connectivity index (χ1v) is 6.29. The molecule has 1 aromatic carbocycles. The van der Waals surface area contributed by atoms with Crippen molar-refractivity contribution in [2.24, 2.45) is 5.73 Å². The Morgan fingerprint density at radius 2 is 2.05 bits per heavy atom. The fourth-order valence-corrected chi connectivity index (χ4v) is 2.20. The summed E-state index contributed by atoms with van der Waals surface area (Å²) in [6, 6.07) is 4.91. The quantitative estimate of drug-likeness (QED) is 0.841. The number of nitrogens with two attached hydrogens (primary N) is 1.